The standard InChI is InChI=1S/C14H16N5O2/c1-14(2,3)19(21)13(20)18-11-6-9-16-12(17-11)10-4-7-15-8-5-10/h4-9H,1-3H3,(H,16,17,18,20)/q-1. The maximum absolute atomic E-state index is 11.8. The Morgan fingerprint density at radius 1 is 1.19 bits per heavy atom. The molecule has 0 saturated heterocycles. The van der Waals surface area contributed by atoms with Crippen LogP contribution in [0.4, 0.5) is 10.6 Å². The van der Waals surface area contributed by atoms with Gasteiger partial charge in [-0.25, -0.2) is 14.8 Å². The fourth-order valence-corrected chi connectivity index (χ4v) is 1.53. The molecule has 110 valence electrons. The second-order valence-electron chi connectivity index (χ2n) is 5.40. The molecule has 21 heavy (non-hydrogen) atoms. The van der Waals surface area contributed by atoms with E-state index in [-0.39, 0.29) is 5.82 Å². The van der Waals surface area contributed by atoms with E-state index in [1.165, 1.54) is 12.3 Å². The molecule has 0 spiro atoms. The van der Waals surface area contributed by atoms with Gasteiger partial charge >= 0.3 is 6.03 Å². The van der Waals surface area contributed by atoms with E-state index in [0.29, 0.717) is 10.9 Å². The third-order valence-corrected chi connectivity index (χ3v) is 2.62. The number of nitrogens with one attached hydrogen (secondary N) is 1. The number of nitrogens with zero attached hydrogens (tertiary/aromatic N) is 4. The van der Waals surface area contributed by atoms with Crippen LogP contribution in [0.25, 0.3) is 11.4 Å². The molecule has 2 aromatic rings. The van der Waals surface area contributed by atoms with Gasteiger partial charge in [-0.1, -0.05) is 0 Å². The summed E-state index contributed by atoms with van der Waals surface area (Å²) in [5.74, 6) is 0.718. The molecular weight excluding hydrogens is 270 g/mol. The Labute approximate surface area is 122 Å². The van der Waals surface area contributed by atoms with Gasteiger partial charge in [-0.3, -0.25) is 10.3 Å². The van der Waals surface area contributed by atoms with Crippen LogP contribution in [0.3, 0.4) is 0 Å². The van der Waals surface area contributed by atoms with Crippen LogP contribution in [0.1, 0.15) is 20.8 Å². The minimum atomic E-state index is -0.814. The molecule has 7 nitrogen and oxygen atoms in total. The van der Waals surface area contributed by atoms with Gasteiger partial charge in [0.15, 0.2) is 5.82 Å². The highest BCUT2D eigenvalue weighted by molar-refractivity contribution is 5.89. The van der Waals surface area contributed by atoms with Gasteiger partial charge in [-0.2, -0.15) is 0 Å². The van der Waals surface area contributed by atoms with Crippen LogP contribution >= 0.6 is 0 Å². The van der Waals surface area contributed by atoms with Crippen molar-refractivity contribution in [1.29, 1.82) is 0 Å². The molecule has 0 radical (unpaired) electrons. The average molecular weight is 286 g/mol. The summed E-state index contributed by atoms with van der Waals surface area (Å²) in [6.07, 6.45) is 4.77. The Kier molecular flexibility index (Phi) is 4.13. The molecule has 0 aromatic carbocycles. The smallest absolute Gasteiger partial charge is 0.312 e. The topological polar surface area (TPSA) is 94.1 Å². The van der Waals surface area contributed by atoms with Gasteiger partial charge in [0.25, 0.3) is 0 Å². The Bertz CT molecular complexity index is 625. The van der Waals surface area contributed by atoms with Gasteiger partial charge < -0.3 is 10.3 Å². The summed E-state index contributed by atoms with van der Waals surface area (Å²) < 4.78 is 0. The first kappa shape index (κ1) is 14.9. The molecule has 0 fully saturated rings. The molecule has 0 aliphatic rings. The van der Waals surface area contributed by atoms with Crippen molar-refractivity contribution in [2.45, 2.75) is 26.3 Å². The lowest BCUT2D eigenvalue weighted by atomic mass is 10.1. The van der Waals surface area contributed by atoms with E-state index in [4.69, 9.17) is 0 Å². The van der Waals surface area contributed by atoms with E-state index in [1.54, 1.807) is 45.3 Å². The molecule has 1 N–H and O–H groups in total. The number of aromatic nitrogens is 3. The van der Waals surface area contributed by atoms with E-state index in [9.17, 15) is 10.0 Å². The average Bonchev–Trinajstić information content (AvgIpc) is 2.46. The van der Waals surface area contributed by atoms with Gasteiger partial charge in [-0.05, 0) is 39.0 Å². The summed E-state index contributed by atoms with van der Waals surface area (Å²) in [6.45, 7) is 4.96. The second kappa shape index (κ2) is 5.84. The normalized spacial score (nSPS) is 11.0. The van der Waals surface area contributed by atoms with Crippen LogP contribution in [-0.2, 0) is 0 Å². The molecule has 0 bridgehead atoms. The van der Waals surface area contributed by atoms with Crippen molar-refractivity contribution >= 4 is 11.8 Å². The summed E-state index contributed by atoms with van der Waals surface area (Å²) in [5, 5.41) is 14.6. The Balaban J connectivity index is 2.17. The number of urea groups is 1. The van der Waals surface area contributed by atoms with E-state index in [1.807, 2.05) is 0 Å². The predicted molar refractivity (Wildman–Crippen MR) is 79.2 cm³/mol. The quantitative estimate of drug-likeness (QED) is 0.856. The zero-order valence-electron chi connectivity index (χ0n) is 12.1. The van der Waals surface area contributed by atoms with Crippen LogP contribution in [0, 0.1) is 5.21 Å². The SMILES string of the molecule is CC(C)(C)N([O-])C(=O)Nc1ccnc(-c2ccncc2)n1. The summed E-state index contributed by atoms with van der Waals surface area (Å²) >= 11 is 0. The lowest BCUT2D eigenvalue weighted by Gasteiger charge is -2.40. The van der Waals surface area contributed by atoms with Crippen molar-refractivity contribution in [2.24, 2.45) is 0 Å². The van der Waals surface area contributed by atoms with E-state index < -0.39 is 11.6 Å². The van der Waals surface area contributed by atoms with Crippen LogP contribution < -0.4 is 5.32 Å². The lowest BCUT2D eigenvalue weighted by molar-refractivity contribution is 0.192. The molecule has 2 aromatic heterocycles. The third-order valence-electron chi connectivity index (χ3n) is 2.62. The lowest BCUT2D eigenvalue weighted by Crippen LogP contribution is -2.43. The Hall–Kier alpha value is -2.54. The summed E-state index contributed by atoms with van der Waals surface area (Å²) in [4.78, 5) is 24.1. The van der Waals surface area contributed by atoms with Crippen LogP contribution in [0.2, 0.25) is 0 Å². The number of amides is 2. The molecule has 2 heterocycles. The van der Waals surface area contributed by atoms with E-state index in [2.05, 4.69) is 20.3 Å². The van der Waals surface area contributed by atoms with Crippen molar-refractivity contribution in [3.63, 3.8) is 0 Å². The largest absolute Gasteiger partial charge is 0.755 e. The molecule has 0 aliphatic heterocycles. The first-order valence-corrected chi connectivity index (χ1v) is 6.40. The summed E-state index contributed by atoms with van der Waals surface area (Å²) in [6, 6.07) is 4.28. The molecule has 0 atom stereocenters. The minimum Gasteiger partial charge on any atom is -0.755 e. The highest BCUT2D eigenvalue weighted by Gasteiger charge is 2.18. The van der Waals surface area contributed by atoms with Crippen molar-refractivity contribution < 1.29 is 4.79 Å². The van der Waals surface area contributed by atoms with Crippen LogP contribution in [0.15, 0.2) is 36.8 Å². The van der Waals surface area contributed by atoms with Crippen molar-refractivity contribution in [1.82, 2.24) is 20.0 Å². The first-order chi connectivity index (χ1) is 9.88. The Morgan fingerprint density at radius 2 is 1.86 bits per heavy atom. The first-order valence-electron chi connectivity index (χ1n) is 6.40. The molecule has 7 heteroatoms. The van der Waals surface area contributed by atoms with Gasteiger partial charge in [0, 0.05) is 29.7 Å². The summed E-state index contributed by atoms with van der Waals surface area (Å²) in [5.41, 5.74) is -0.0405. The zero-order valence-corrected chi connectivity index (χ0v) is 12.1. The molecule has 2 amide bonds. The number of carbonyl (C=O) groups is 1. The van der Waals surface area contributed by atoms with Crippen molar-refractivity contribution in [2.75, 3.05) is 5.32 Å². The fraction of sp³-hybridized carbons (Fsp3) is 0.286. The van der Waals surface area contributed by atoms with Crippen molar-refractivity contribution in [3.05, 3.63) is 42.0 Å². The van der Waals surface area contributed by atoms with Crippen LogP contribution in [-0.4, -0.2) is 31.6 Å². The maximum Gasteiger partial charge on any atom is 0.312 e. The number of carbonyl (C=O) groups excluding carboxylic acids is 1. The van der Waals surface area contributed by atoms with E-state index in [0.717, 1.165) is 5.56 Å². The summed E-state index contributed by atoms with van der Waals surface area (Å²) in [7, 11) is 0. The predicted octanol–water partition coefficient (Wildman–Crippen LogP) is 2.67. The third kappa shape index (κ3) is 3.73. The molecule has 2 rings (SSSR count). The number of hydrogen-bond donors (Lipinski definition) is 1. The number of anilines is 1. The highest BCUT2D eigenvalue weighted by atomic mass is 16.5. The molecule has 0 saturated carbocycles. The van der Waals surface area contributed by atoms with Gasteiger partial charge in [0.2, 0.25) is 0 Å². The Morgan fingerprint density at radius 3 is 2.48 bits per heavy atom. The minimum absolute atomic E-state index is 0.270. The van der Waals surface area contributed by atoms with Crippen molar-refractivity contribution in [3.8, 4) is 11.4 Å². The monoisotopic (exact) mass is 286 g/mol. The zero-order chi connectivity index (χ0) is 15.5. The fourth-order valence-electron chi connectivity index (χ4n) is 1.53. The molecule has 0 unspecified atom stereocenters. The van der Waals surface area contributed by atoms with Gasteiger partial charge in [-0.15, -0.1) is 0 Å². The number of rotatable bonds is 2. The van der Waals surface area contributed by atoms with Gasteiger partial charge in [0.1, 0.15) is 5.82 Å². The highest BCUT2D eigenvalue weighted by Crippen LogP contribution is 2.16. The van der Waals surface area contributed by atoms with Crippen LogP contribution in [0.5, 0.6) is 0 Å². The number of hydrogen-bond acceptors (Lipinski definition) is 5. The number of hydroxylamine groups is 2. The van der Waals surface area contributed by atoms with E-state index >= 15 is 0 Å². The second-order valence-corrected chi connectivity index (χ2v) is 5.40. The van der Waals surface area contributed by atoms with Gasteiger partial charge in [0.05, 0.1) is 0 Å². The molecular formula is C14H16N5O2-. The molecule has 0 aliphatic carbocycles. The number of pyridine rings is 1. The maximum atomic E-state index is 11.8.